The molecule has 3 N–H and O–H groups in total. The number of allylic oxidation sites excluding steroid dienone is 3. The van der Waals surface area contributed by atoms with Crippen LogP contribution in [0.1, 0.15) is 39.5 Å². The average Bonchev–Trinajstić information content (AvgIpc) is 2.59. The van der Waals surface area contributed by atoms with E-state index in [0.29, 0.717) is 19.3 Å². The number of ether oxygens (including phenoxy) is 2. The third kappa shape index (κ3) is 10.1. The molecule has 26 heavy (non-hydrogen) atoms. The van der Waals surface area contributed by atoms with Crippen LogP contribution in [0.5, 0.6) is 0 Å². The van der Waals surface area contributed by atoms with Crippen LogP contribution < -0.4 is 0 Å². The Hall–Kier alpha value is -1.96. The Bertz CT molecular complexity index is 514. The van der Waals surface area contributed by atoms with E-state index in [1.165, 1.54) is 27.0 Å². The quantitative estimate of drug-likeness (QED) is 0.206. The normalized spacial score (nSPS) is 14.4. The summed E-state index contributed by atoms with van der Waals surface area (Å²) in [6, 6.07) is 0. The highest BCUT2D eigenvalue weighted by atomic mass is 16.6. The van der Waals surface area contributed by atoms with Gasteiger partial charge in [-0.2, -0.15) is 0 Å². The summed E-state index contributed by atoms with van der Waals surface area (Å²) in [5, 5.41) is 28.4. The first-order chi connectivity index (χ1) is 12.1. The summed E-state index contributed by atoms with van der Waals surface area (Å²) in [5.74, 6) is -1.24. The number of unbranched alkanes of at least 4 members (excludes halogenated alkanes) is 1. The lowest BCUT2D eigenvalue weighted by atomic mass is 9.97. The molecule has 7 heteroatoms. The molecular weight excluding hydrogens is 340 g/mol. The van der Waals surface area contributed by atoms with Gasteiger partial charge in [-0.25, -0.2) is 9.59 Å². The van der Waals surface area contributed by atoms with E-state index < -0.39 is 36.4 Å². The summed E-state index contributed by atoms with van der Waals surface area (Å²) in [6.07, 6.45) is 7.11. The zero-order chi connectivity index (χ0) is 20.2. The number of aliphatic hydroxyl groups is 3. The molecule has 148 valence electrons. The number of hydrogen-bond donors (Lipinski definition) is 3. The zero-order valence-corrected chi connectivity index (χ0v) is 15.7. The summed E-state index contributed by atoms with van der Waals surface area (Å²) in [7, 11) is 1.32. The molecule has 1 unspecified atom stereocenters. The first-order valence-corrected chi connectivity index (χ1v) is 8.44. The van der Waals surface area contributed by atoms with Crippen LogP contribution in [0.2, 0.25) is 0 Å². The molecule has 0 spiro atoms. The number of carbonyl (C=O) groups excluding carboxylic acids is 2. The molecule has 0 amide bonds. The average molecular weight is 370 g/mol. The third-order valence-electron chi connectivity index (χ3n) is 3.59. The monoisotopic (exact) mass is 370 g/mol. The predicted octanol–water partition coefficient (Wildman–Crippen LogP) is 1.42. The number of methoxy groups -OCH3 is 1. The lowest BCUT2D eigenvalue weighted by Gasteiger charge is -2.29. The van der Waals surface area contributed by atoms with Gasteiger partial charge in [0.2, 0.25) is 0 Å². The van der Waals surface area contributed by atoms with Crippen LogP contribution in [-0.4, -0.2) is 58.8 Å². The first-order valence-electron chi connectivity index (χ1n) is 8.44. The van der Waals surface area contributed by atoms with Crippen molar-refractivity contribution in [2.24, 2.45) is 0 Å². The summed E-state index contributed by atoms with van der Waals surface area (Å²) in [4.78, 5) is 22.8. The molecule has 0 aromatic rings. The summed E-state index contributed by atoms with van der Waals surface area (Å²) in [5.41, 5.74) is -1.52. The molecule has 0 rings (SSSR count). The minimum absolute atomic E-state index is 0.255. The Morgan fingerprint density at radius 2 is 1.73 bits per heavy atom. The Labute approximate surface area is 154 Å². The van der Waals surface area contributed by atoms with Crippen molar-refractivity contribution in [3.8, 4) is 0 Å². The van der Waals surface area contributed by atoms with Crippen molar-refractivity contribution in [3.05, 3.63) is 36.5 Å². The second kappa shape index (κ2) is 12.4. The molecule has 0 aromatic heterocycles. The highest BCUT2D eigenvalue weighted by Gasteiger charge is 2.31. The molecule has 0 saturated heterocycles. The highest BCUT2D eigenvalue weighted by molar-refractivity contribution is 5.89. The van der Waals surface area contributed by atoms with Crippen LogP contribution in [0.25, 0.3) is 0 Å². The molecule has 0 fully saturated rings. The maximum absolute atomic E-state index is 11.9. The molecule has 0 aliphatic heterocycles. The van der Waals surface area contributed by atoms with Crippen molar-refractivity contribution in [2.75, 3.05) is 13.7 Å². The van der Waals surface area contributed by atoms with E-state index in [2.05, 4.69) is 11.3 Å². The Balaban J connectivity index is 4.42. The number of esters is 2. The second-order valence-electron chi connectivity index (χ2n) is 6.32. The van der Waals surface area contributed by atoms with Gasteiger partial charge in [0.15, 0.2) is 0 Å². The van der Waals surface area contributed by atoms with Gasteiger partial charge in [-0.3, -0.25) is 0 Å². The van der Waals surface area contributed by atoms with E-state index in [4.69, 9.17) is 9.84 Å². The first kappa shape index (κ1) is 24.0. The number of hydrogen-bond acceptors (Lipinski definition) is 7. The standard InChI is InChI=1S/C19H30O7/c1-14(15(21)13-20)18(23)26-16(19(2,3)24)11-9-7-5-6-8-10-12-17(22)25-4/h5,7,10,12,15-16,20-21,24H,1,6,8-9,11,13H2,2-4H3/b7-5+,12-10+/t15?,16-/m1/s1. The van der Waals surface area contributed by atoms with Gasteiger partial charge in [0.25, 0.3) is 0 Å². The molecule has 0 aliphatic carbocycles. The zero-order valence-electron chi connectivity index (χ0n) is 15.7. The Morgan fingerprint density at radius 3 is 2.27 bits per heavy atom. The van der Waals surface area contributed by atoms with Gasteiger partial charge in [0, 0.05) is 6.08 Å². The molecule has 0 aliphatic rings. The van der Waals surface area contributed by atoms with E-state index in [0.717, 1.165) is 6.42 Å². The molecule has 0 bridgehead atoms. The molecule has 7 nitrogen and oxygen atoms in total. The van der Waals surface area contributed by atoms with Crippen LogP contribution >= 0.6 is 0 Å². The fourth-order valence-electron chi connectivity index (χ4n) is 1.93. The van der Waals surface area contributed by atoms with Crippen molar-refractivity contribution in [1.29, 1.82) is 0 Å². The van der Waals surface area contributed by atoms with Crippen molar-refractivity contribution < 1.29 is 34.4 Å². The van der Waals surface area contributed by atoms with Gasteiger partial charge in [0.05, 0.1) is 24.9 Å². The maximum atomic E-state index is 11.9. The summed E-state index contributed by atoms with van der Waals surface area (Å²) >= 11 is 0. The topological polar surface area (TPSA) is 113 Å². The van der Waals surface area contributed by atoms with Gasteiger partial charge in [0.1, 0.15) is 12.2 Å². The fourth-order valence-corrected chi connectivity index (χ4v) is 1.93. The molecule has 0 radical (unpaired) electrons. The molecule has 0 heterocycles. The Kier molecular flexibility index (Phi) is 11.5. The summed E-state index contributed by atoms with van der Waals surface area (Å²) in [6.45, 7) is 5.82. The number of carbonyl (C=O) groups is 2. The lowest BCUT2D eigenvalue weighted by molar-refractivity contribution is -0.159. The van der Waals surface area contributed by atoms with Crippen LogP contribution in [0.3, 0.4) is 0 Å². The van der Waals surface area contributed by atoms with Gasteiger partial charge in [-0.1, -0.05) is 24.8 Å². The molecule has 2 atom stereocenters. The smallest absolute Gasteiger partial charge is 0.336 e. The van der Waals surface area contributed by atoms with Gasteiger partial charge >= 0.3 is 11.9 Å². The predicted molar refractivity (Wildman–Crippen MR) is 97.2 cm³/mol. The molecular formula is C19H30O7. The minimum atomic E-state index is -1.39. The SMILES string of the molecule is C=C(C(=O)O[C@H](CC/C=C/CC/C=C/C(=O)OC)C(C)(C)O)C(O)CO. The van der Waals surface area contributed by atoms with Crippen LogP contribution in [0.15, 0.2) is 36.5 Å². The van der Waals surface area contributed by atoms with E-state index >= 15 is 0 Å². The van der Waals surface area contributed by atoms with Gasteiger partial charge in [-0.05, 0) is 39.5 Å². The van der Waals surface area contributed by atoms with Crippen LogP contribution in [-0.2, 0) is 19.1 Å². The van der Waals surface area contributed by atoms with E-state index in [1.54, 1.807) is 6.08 Å². The minimum Gasteiger partial charge on any atom is -0.466 e. The lowest BCUT2D eigenvalue weighted by Crippen LogP contribution is -2.40. The van der Waals surface area contributed by atoms with Crippen LogP contribution in [0.4, 0.5) is 0 Å². The van der Waals surface area contributed by atoms with E-state index in [-0.39, 0.29) is 5.57 Å². The molecule has 0 saturated carbocycles. The maximum Gasteiger partial charge on any atom is 0.336 e. The van der Waals surface area contributed by atoms with Crippen LogP contribution in [0, 0.1) is 0 Å². The molecule has 0 aromatic carbocycles. The van der Waals surface area contributed by atoms with Crippen molar-refractivity contribution >= 4 is 11.9 Å². The largest absolute Gasteiger partial charge is 0.466 e. The van der Waals surface area contributed by atoms with Gasteiger partial charge in [-0.15, -0.1) is 0 Å². The number of rotatable bonds is 12. The van der Waals surface area contributed by atoms with Gasteiger partial charge < -0.3 is 24.8 Å². The third-order valence-corrected chi connectivity index (χ3v) is 3.59. The fraction of sp³-hybridized carbons (Fsp3) is 0.579. The summed E-state index contributed by atoms with van der Waals surface area (Å²) < 4.78 is 9.71. The highest BCUT2D eigenvalue weighted by Crippen LogP contribution is 2.20. The number of aliphatic hydroxyl groups excluding tert-OH is 2. The van der Waals surface area contributed by atoms with E-state index in [1.807, 2.05) is 12.2 Å². The Morgan fingerprint density at radius 1 is 1.15 bits per heavy atom. The van der Waals surface area contributed by atoms with Crippen molar-refractivity contribution in [2.45, 2.75) is 57.3 Å². The second-order valence-corrected chi connectivity index (χ2v) is 6.32. The van der Waals surface area contributed by atoms with Crippen molar-refractivity contribution in [1.82, 2.24) is 0 Å². The van der Waals surface area contributed by atoms with Crippen molar-refractivity contribution in [3.63, 3.8) is 0 Å². The van der Waals surface area contributed by atoms with E-state index in [9.17, 15) is 19.8 Å².